The number of nitrogens with one attached hydrogen (secondary N) is 1. The fourth-order valence-corrected chi connectivity index (χ4v) is 3.72. The number of aromatic nitrogens is 2. The summed E-state index contributed by atoms with van der Waals surface area (Å²) in [6, 6.07) is 5.52. The van der Waals surface area contributed by atoms with Crippen LogP contribution in [-0.4, -0.2) is 27.2 Å². The predicted molar refractivity (Wildman–Crippen MR) is 107 cm³/mol. The van der Waals surface area contributed by atoms with Gasteiger partial charge in [-0.25, -0.2) is 10.4 Å². The summed E-state index contributed by atoms with van der Waals surface area (Å²) in [5, 5.41) is 14.6. The van der Waals surface area contributed by atoms with Gasteiger partial charge in [0.2, 0.25) is 0 Å². The summed E-state index contributed by atoms with van der Waals surface area (Å²) in [6.45, 7) is 7.43. The molecule has 3 aromatic rings. The molecule has 0 bridgehead atoms. The molecule has 0 aliphatic heterocycles. The summed E-state index contributed by atoms with van der Waals surface area (Å²) in [4.78, 5) is 21.6. The van der Waals surface area contributed by atoms with Crippen LogP contribution in [-0.2, 0) is 0 Å². The fraction of sp³-hybridized carbons (Fsp3) is 0.200. The van der Waals surface area contributed by atoms with Gasteiger partial charge in [-0.1, -0.05) is 0 Å². The van der Waals surface area contributed by atoms with E-state index in [2.05, 4.69) is 20.5 Å². The third-order valence-corrected chi connectivity index (χ3v) is 5.35. The Hall–Kier alpha value is -3.06. The highest BCUT2D eigenvalue weighted by Gasteiger charge is 2.17. The molecule has 2 N–H and O–H groups in total. The van der Waals surface area contributed by atoms with Gasteiger partial charge >= 0.3 is 0 Å². The molecule has 0 spiro atoms. The lowest BCUT2D eigenvalue weighted by Gasteiger charge is -2.04. The van der Waals surface area contributed by atoms with Crippen molar-refractivity contribution in [1.82, 2.24) is 15.4 Å². The van der Waals surface area contributed by atoms with Crippen molar-refractivity contribution in [2.75, 3.05) is 0 Å². The van der Waals surface area contributed by atoms with Gasteiger partial charge in [0.25, 0.3) is 5.91 Å². The number of pyridine rings is 1. The number of phenols is 1. The number of carbonyl (C=O) groups is 1. The number of phenolic OH excluding ortho intramolecular Hbond substituents is 1. The van der Waals surface area contributed by atoms with Crippen molar-refractivity contribution in [3.8, 4) is 16.3 Å². The number of nitrogens with zero attached hydrogens (tertiary/aromatic N) is 3. The first kappa shape index (κ1) is 18.7. The van der Waals surface area contributed by atoms with Crippen LogP contribution in [0.4, 0.5) is 0 Å². The average Bonchev–Trinajstić information content (AvgIpc) is 3.01. The number of aryl methyl sites for hydroxylation is 4. The Morgan fingerprint density at radius 3 is 2.56 bits per heavy atom. The molecule has 0 radical (unpaired) electrons. The van der Waals surface area contributed by atoms with Gasteiger partial charge in [-0.3, -0.25) is 9.78 Å². The van der Waals surface area contributed by atoms with Gasteiger partial charge in [0, 0.05) is 18.0 Å². The van der Waals surface area contributed by atoms with Crippen LogP contribution >= 0.6 is 11.3 Å². The molecule has 138 valence electrons. The molecule has 2 heterocycles. The van der Waals surface area contributed by atoms with Crippen LogP contribution in [0, 0.1) is 27.7 Å². The Balaban J connectivity index is 1.76. The van der Waals surface area contributed by atoms with E-state index in [9.17, 15) is 9.90 Å². The second kappa shape index (κ2) is 7.67. The molecule has 0 saturated carbocycles. The zero-order valence-corrected chi connectivity index (χ0v) is 16.4. The molecule has 0 saturated heterocycles. The van der Waals surface area contributed by atoms with Crippen LogP contribution < -0.4 is 5.43 Å². The molecule has 0 aliphatic carbocycles. The van der Waals surface area contributed by atoms with E-state index in [0.29, 0.717) is 10.6 Å². The van der Waals surface area contributed by atoms with E-state index in [1.165, 1.54) is 11.3 Å². The van der Waals surface area contributed by atoms with Crippen molar-refractivity contribution >= 4 is 23.5 Å². The largest absolute Gasteiger partial charge is 0.507 e. The summed E-state index contributed by atoms with van der Waals surface area (Å²) in [5.41, 5.74) is 7.50. The third kappa shape index (κ3) is 4.03. The highest BCUT2D eigenvalue weighted by molar-refractivity contribution is 7.17. The van der Waals surface area contributed by atoms with E-state index in [1.807, 2.05) is 26.8 Å². The lowest BCUT2D eigenvalue weighted by Crippen LogP contribution is -2.17. The predicted octanol–water partition coefficient (Wildman–Crippen LogP) is 3.91. The maximum atomic E-state index is 12.5. The van der Waals surface area contributed by atoms with E-state index in [1.54, 1.807) is 37.7 Å². The number of hydrogen-bond donors (Lipinski definition) is 2. The number of carbonyl (C=O) groups excluding carboxylic acids is 1. The lowest BCUT2D eigenvalue weighted by atomic mass is 10.1. The maximum absolute atomic E-state index is 12.5. The number of hydrogen-bond acceptors (Lipinski definition) is 6. The highest BCUT2D eigenvalue weighted by atomic mass is 32.1. The van der Waals surface area contributed by atoms with Crippen molar-refractivity contribution in [3.05, 3.63) is 63.4 Å². The number of benzene rings is 1. The smallest absolute Gasteiger partial charge is 0.283 e. The Kier molecular flexibility index (Phi) is 5.32. The van der Waals surface area contributed by atoms with Gasteiger partial charge in [-0.05, 0) is 68.1 Å². The zero-order chi connectivity index (χ0) is 19.6. The summed E-state index contributed by atoms with van der Waals surface area (Å²) >= 11 is 1.32. The minimum absolute atomic E-state index is 0.273. The Bertz CT molecular complexity index is 1020. The quantitative estimate of drug-likeness (QED) is 0.531. The first-order chi connectivity index (χ1) is 12.9. The molecule has 1 amide bonds. The van der Waals surface area contributed by atoms with Gasteiger partial charge in [0.15, 0.2) is 0 Å². The summed E-state index contributed by atoms with van der Waals surface area (Å²) in [7, 11) is 0. The first-order valence-electron chi connectivity index (χ1n) is 8.39. The van der Waals surface area contributed by atoms with Gasteiger partial charge in [0.1, 0.15) is 15.6 Å². The highest BCUT2D eigenvalue weighted by Crippen LogP contribution is 2.29. The van der Waals surface area contributed by atoms with Crippen molar-refractivity contribution in [2.45, 2.75) is 27.7 Å². The van der Waals surface area contributed by atoms with Crippen LogP contribution in [0.5, 0.6) is 5.75 Å². The molecule has 0 fully saturated rings. The number of aromatic hydroxyl groups is 1. The van der Waals surface area contributed by atoms with Crippen molar-refractivity contribution in [2.24, 2.45) is 5.10 Å². The third-order valence-electron chi connectivity index (χ3n) is 4.17. The molecule has 0 unspecified atom stereocenters. The van der Waals surface area contributed by atoms with Crippen molar-refractivity contribution in [3.63, 3.8) is 0 Å². The van der Waals surface area contributed by atoms with Crippen LogP contribution in [0.1, 0.15) is 37.6 Å². The van der Waals surface area contributed by atoms with Crippen LogP contribution in [0.2, 0.25) is 0 Å². The van der Waals surface area contributed by atoms with Gasteiger partial charge in [-0.2, -0.15) is 5.10 Å². The summed E-state index contributed by atoms with van der Waals surface area (Å²) in [5.74, 6) is -0.0315. The normalized spacial score (nSPS) is 11.1. The Morgan fingerprint density at radius 1 is 1.19 bits per heavy atom. The standard InChI is InChI=1S/C20H20N4O2S/c1-11-5-6-21-10-16(11)20-23-14(4)18(27-20)19(26)24-22-9-15-7-12(2)17(25)13(3)8-15/h5-10,25H,1-4H3,(H,24,26)/b22-9+. The summed E-state index contributed by atoms with van der Waals surface area (Å²) in [6.07, 6.45) is 5.04. The molecule has 2 aromatic heterocycles. The van der Waals surface area contributed by atoms with E-state index in [0.717, 1.165) is 32.8 Å². The number of hydrazone groups is 1. The number of thiazole rings is 1. The minimum atomic E-state index is -0.304. The molecular formula is C20H20N4O2S. The van der Waals surface area contributed by atoms with E-state index < -0.39 is 0 Å². The van der Waals surface area contributed by atoms with E-state index in [-0.39, 0.29) is 11.7 Å². The molecule has 0 atom stereocenters. The molecule has 7 heteroatoms. The Labute approximate surface area is 161 Å². The summed E-state index contributed by atoms with van der Waals surface area (Å²) < 4.78 is 0. The fourth-order valence-electron chi connectivity index (χ4n) is 2.69. The van der Waals surface area contributed by atoms with Crippen LogP contribution in [0.3, 0.4) is 0 Å². The van der Waals surface area contributed by atoms with E-state index >= 15 is 0 Å². The molecule has 0 aliphatic rings. The molecule has 3 rings (SSSR count). The van der Waals surface area contributed by atoms with Gasteiger partial charge < -0.3 is 5.11 Å². The lowest BCUT2D eigenvalue weighted by molar-refractivity contribution is 0.0958. The number of amides is 1. The number of rotatable bonds is 4. The maximum Gasteiger partial charge on any atom is 0.283 e. The molecule has 1 aromatic carbocycles. The van der Waals surface area contributed by atoms with E-state index in [4.69, 9.17) is 0 Å². The molecular weight excluding hydrogens is 360 g/mol. The van der Waals surface area contributed by atoms with Crippen LogP contribution in [0.15, 0.2) is 35.7 Å². The SMILES string of the molecule is Cc1ccncc1-c1nc(C)c(C(=O)N/N=C/c2cc(C)c(O)c(C)c2)s1. The van der Waals surface area contributed by atoms with Crippen molar-refractivity contribution in [1.29, 1.82) is 0 Å². The van der Waals surface area contributed by atoms with Crippen molar-refractivity contribution < 1.29 is 9.90 Å². The first-order valence-corrected chi connectivity index (χ1v) is 9.20. The topological polar surface area (TPSA) is 87.5 Å². The second-order valence-corrected chi connectivity index (χ2v) is 7.33. The Morgan fingerprint density at radius 2 is 1.89 bits per heavy atom. The van der Waals surface area contributed by atoms with Gasteiger partial charge in [-0.15, -0.1) is 11.3 Å². The minimum Gasteiger partial charge on any atom is -0.507 e. The van der Waals surface area contributed by atoms with Crippen LogP contribution in [0.25, 0.3) is 10.6 Å². The average molecular weight is 380 g/mol. The molecule has 27 heavy (non-hydrogen) atoms. The molecule has 6 nitrogen and oxygen atoms in total. The second-order valence-electron chi connectivity index (χ2n) is 6.33. The zero-order valence-electron chi connectivity index (χ0n) is 15.6. The van der Waals surface area contributed by atoms with Gasteiger partial charge in [0.05, 0.1) is 11.9 Å². The monoisotopic (exact) mass is 380 g/mol.